The maximum atomic E-state index is 11.2. The van der Waals surface area contributed by atoms with E-state index >= 15 is 0 Å². The van der Waals surface area contributed by atoms with Crippen molar-refractivity contribution in [1.82, 2.24) is 5.32 Å². The fourth-order valence-corrected chi connectivity index (χ4v) is 1.06. The Labute approximate surface area is 77.0 Å². The molecule has 5 heteroatoms. The van der Waals surface area contributed by atoms with Crippen LogP contribution in [0.1, 0.15) is 13.3 Å². The maximum Gasteiger partial charge on any atom is 0.225 e. The molecule has 1 rings (SSSR count). The standard InChI is InChI=1S/C8H15NO4/c1-6(5-10)9-7(11)4-8-12-2-3-13-8/h6,8,10H,2-5H2,1H3,(H,9,11). The van der Waals surface area contributed by atoms with Gasteiger partial charge in [-0.05, 0) is 6.92 Å². The van der Waals surface area contributed by atoms with Crippen LogP contribution >= 0.6 is 0 Å². The molecule has 1 heterocycles. The van der Waals surface area contributed by atoms with E-state index in [1.165, 1.54) is 0 Å². The molecule has 1 fully saturated rings. The number of rotatable bonds is 4. The fourth-order valence-electron chi connectivity index (χ4n) is 1.06. The van der Waals surface area contributed by atoms with E-state index in [2.05, 4.69) is 5.32 Å². The first-order valence-electron chi connectivity index (χ1n) is 4.36. The molecule has 2 N–H and O–H groups in total. The van der Waals surface area contributed by atoms with E-state index in [-0.39, 0.29) is 25.0 Å². The van der Waals surface area contributed by atoms with Crippen LogP contribution in [0.2, 0.25) is 0 Å². The van der Waals surface area contributed by atoms with Gasteiger partial charge < -0.3 is 19.9 Å². The molecule has 1 saturated heterocycles. The van der Waals surface area contributed by atoms with Crippen LogP contribution in [0, 0.1) is 0 Å². The van der Waals surface area contributed by atoms with Crippen LogP contribution in [0.4, 0.5) is 0 Å². The van der Waals surface area contributed by atoms with Crippen LogP contribution in [-0.4, -0.2) is 43.2 Å². The lowest BCUT2D eigenvalue weighted by Gasteiger charge is -2.12. The number of carbonyl (C=O) groups excluding carboxylic acids is 1. The van der Waals surface area contributed by atoms with Gasteiger partial charge in [0.1, 0.15) is 0 Å². The zero-order valence-electron chi connectivity index (χ0n) is 7.66. The fraction of sp³-hybridized carbons (Fsp3) is 0.875. The van der Waals surface area contributed by atoms with Gasteiger partial charge >= 0.3 is 0 Å². The average Bonchev–Trinajstić information content (AvgIpc) is 2.56. The highest BCUT2D eigenvalue weighted by molar-refractivity contribution is 5.76. The molecule has 0 aromatic carbocycles. The van der Waals surface area contributed by atoms with Gasteiger partial charge in [0.25, 0.3) is 0 Å². The molecule has 0 aromatic rings. The Hall–Kier alpha value is -0.650. The Bertz CT molecular complexity index is 168. The van der Waals surface area contributed by atoms with Crippen molar-refractivity contribution in [1.29, 1.82) is 0 Å². The van der Waals surface area contributed by atoms with Crippen molar-refractivity contribution in [3.05, 3.63) is 0 Å². The lowest BCUT2D eigenvalue weighted by Crippen LogP contribution is -2.36. The molecule has 5 nitrogen and oxygen atoms in total. The van der Waals surface area contributed by atoms with Crippen LogP contribution in [0.3, 0.4) is 0 Å². The zero-order valence-corrected chi connectivity index (χ0v) is 7.66. The summed E-state index contributed by atoms with van der Waals surface area (Å²) < 4.78 is 10.2. The van der Waals surface area contributed by atoms with E-state index in [4.69, 9.17) is 14.6 Å². The summed E-state index contributed by atoms with van der Waals surface area (Å²) in [5, 5.41) is 11.3. The van der Waals surface area contributed by atoms with Crippen molar-refractivity contribution >= 4 is 5.91 Å². The molecule has 0 saturated carbocycles. The van der Waals surface area contributed by atoms with Crippen LogP contribution in [0.25, 0.3) is 0 Å². The minimum atomic E-state index is -0.411. The molecule has 1 atom stereocenters. The summed E-state index contributed by atoms with van der Waals surface area (Å²) >= 11 is 0. The molecule has 1 amide bonds. The van der Waals surface area contributed by atoms with Crippen molar-refractivity contribution in [2.45, 2.75) is 25.7 Å². The summed E-state index contributed by atoms with van der Waals surface area (Å²) in [6, 6.07) is -0.214. The number of amides is 1. The second kappa shape index (κ2) is 5.16. The third-order valence-corrected chi connectivity index (χ3v) is 1.72. The van der Waals surface area contributed by atoms with Crippen molar-refractivity contribution < 1.29 is 19.4 Å². The first-order valence-corrected chi connectivity index (χ1v) is 4.36. The molecular weight excluding hydrogens is 174 g/mol. The minimum Gasteiger partial charge on any atom is -0.394 e. The number of carbonyl (C=O) groups is 1. The molecule has 0 spiro atoms. The Morgan fingerprint density at radius 2 is 2.23 bits per heavy atom. The summed E-state index contributed by atoms with van der Waals surface area (Å²) in [5.41, 5.74) is 0. The summed E-state index contributed by atoms with van der Waals surface area (Å²) in [4.78, 5) is 11.2. The summed E-state index contributed by atoms with van der Waals surface area (Å²) in [6.07, 6.45) is -0.212. The van der Waals surface area contributed by atoms with Crippen LogP contribution < -0.4 is 5.32 Å². The van der Waals surface area contributed by atoms with Gasteiger partial charge in [-0.2, -0.15) is 0 Å². The first-order chi connectivity index (χ1) is 6.22. The predicted octanol–water partition coefficient (Wildman–Crippen LogP) is -0.754. The van der Waals surface area contributed by atoms with E-state index in [0.29, 0.717) is 13.2 Å². The topological polar surface area (TPSA) is 67.8 Å². The number of hydrogen-bond acceptors (Lipinski definition) is 4. The maximum absolute atomic E-state index is 11.2. The van der Waals surface area contributed by atoms with Crippen molar-refractivity contribution in [3.63, 3.8) is 0 Å². The number of ether oxygens (including phenoxy) is 2. The summed E-state index contributed by atoms with van der Waals surface area (Å²) in [7, 11) is 0. The molecule has 13 heavy (non-hydrogen) atoms. The van der Waals surface area contributed by atoms with Gasteiger partial charge in [0.2, 0.25) is 5.91 Å². The average molecular weight is 189 g/mol. The Kier molecular flexibility index (Phi) is 4.14. The molecule has 1 aliphatic heterocycles. The zero-order chi connectivity index (χ0) is 9.68. The summed E-state index contributed by atoms with van der Waals surface area (Å²) in [6.45, 7) is 2.77. The van der Waals surface area contributed by atoms with Crippen molar-refractivity contribution in [3.8, 4) is 0 Å². The van der Waals surface area contributed by atoms with Crippen LogP contribution in [0.15, 0.2) is 0 Å². The minimum absolute atomic E-state index is 0.0574. The van der Waals surface area contributed by atoms with E-state index < -0.39 is 6.29 Å². The number of nitrogens with one attached hydrogen (secondary N) is 1. The Balaban J connectivity index is 2.16. The van der Waals surface area contributed by atoms with Gasteiger partial charge in [-0.1, -0.05) is 0 Å². The highest BCUT2D eigenvalue weighted by Crippen LogP contribution is 2.07. The van der Waals surface area contributed by atoms with Gasteiger partial charge in [0, 0.05) is 6.04 Å². The highest BCUT2D eigenvalue weighted by atomic mass is 16.7. The predicted molar refractivity (Wildman–Crippen MR) is 45.0 cm³/mol. The van der Waals surface area contributed by atoms with Crippen molar-refractivity contribution in [2.75, 3.05) is 19.8 Å². The van der Waals surface area contributed by atoms with Gasteiger partial charge in [0.05, 0.1) is 26.2 Å². The third kappa shape index (κ3) is 3.71. The normalized spacial score (nSPS) is 20.2. The number of aliphatic hydroxyl groups is 1. The molecule has 0 aromatic heterocycles. The van der Waals surface area contributed by atoms with Gasteiger partial charge in [-0.3, -0.25) is 4.79 Å². The molecule has 1 unspecified atom stereocenters. The molecule has 0 aliphatic carbocycles. The molecule has 1 aliphatic rings. The largest absolute Gasteiger partial charge is 0.394 e. The second-order valence-corrected chi connectivity index (χ2v) is 3.03. The Morgan fingerprint density at radius 1 is 1.62 bits per heavy atom. The number of aliphatic hydroxyl groups excluding tert-OH is 1. The number of hydrogen-bond donors (Lipinski definition) is 2. The molecule has 0 bridgehead atoms. The molecule has 0 radical (unpaired) electrons. The SMILES string of the molecule is CC(CO)NC(=O)CC1OCCO1. The van der Waals surface area contributed by atoms with Gasteiger partial charge in [0.15, 0.2) is 6.29 Å². The van der Waals surface area contributed by atoms with Crippen LogP contribution in [-0.2, 0) is 14.3 Å². The first kappa shape index (κ1) is 10.4. The molecule has 76 valence electrons. The van der Waals surface area contributed by atoms with E-state index in [9.17, 15) is 4.79 Å². The lowest BCUT2D eigenvalue weighted by atomic mass is 10.3. The summed E-state index contributed by atoms with van der Waals surface area (Å²) in [5.74, 6) is -0.159. The van der Waals surface area contributed by atoms with E-state index in [0.717, 1.165) is 0 Å². The lowest BCUT2D eigenvalue weighted by molar-refractivity contribution is -0.130. The van der Waals surface area contributed by atoms with E-state index in [1.807, 2.05) is 0 Å². The monoisotopic (exact) mass is 189 g/mol. The van der Waals surface area contributed by atoms with Gasteiger partial charge in [-0.15, -0.1) is 0 Å². The third-order valence-electron chi connectivity index (χ3n) is 1.72. The van der Waals surface area contributed by atoms with Crippen molar-refractivity contribution in [2.24, 2.45) is 0 Å². The van der Waals surface area contributed by atoms with E-state index in [1.54, 1.807) is 6.92 Å². The smallest absolute Gasteiger partial charge is 0.225 e. The quantitative estimate of drug-likeness (QED) is 0.610. The molecular formula is C8H15NO4. The van der Waals surface area contributed by atoms with Gasteiger partial charge in [-0.25, -0.2) is 0 Å². The second-order valence-electron chi connectivity index (χ2n) is 3.03. The van der Waals surface area contributed by atoms with Crippen LogP contribution in [0.5, 0.6) is 0 Å². The Morgan fingerprint density at radius 3 is 2.77 bits per heavy atom. The highest BCUT2D eigenvalue weighted by Gasteiger charge is 2.20.